The first-order chi connectivity index (χ1) is 11.5. The third-order valence-corrected chi connectivity index (χ3v) is 4.01. The Morgan fingerprint density at radius 1 is 1.38 bits per heavy atom. The monoisotopic (exact) mass is 330 g/mol. The van der Waals surface area contributed by atoms with Crippen LogP contribution in [0.1, 0.15) is 24.2 Å². The summed E-state index contributed by atoms with van der Waals surface area (Å²) in [6.07, 6.45) is 8.58. The molecule has 0 aromatic carbocycles. The van der Waals surface area contributed by atoms with Gasteiger partial charge in [0.25, 0.3) is 5.56 Å². The van der Waals surface area contributed by atoms with E-state index in [1.165, 1.54) is 10.8 Å². The van der Waals surface area contributed by atoms with E-state index in [0.29, 0.717) is 5.70 Å². The summed E-state index contributed by atoms with van der Waals surface area (Å²) < 4.78 is 6.07. The molecule has 126 valence electrons. The van der Waals surface area contributed by atoms with Crippen LogP contribution in [0.4, 0.5) is 0 Å². The topological polar surface area (TPSA) is 96.8 Å². The number of hydrogen-bond donors (Lipinski definition) is 1. The zero-order valence-electron chi connectivity index (χ0n) is 13.4. The summed E-state index contributed by atoms with van der Waals surface area (Å²) in [6.45, 7) is 4.67. The lowest BCUT2D eigenvalue weighted by Gasteiger charge is -2.26. The summed E-state index contributed by atoms with van der Waals surface area (Å²) in [5.41, 5.74) is -1.03. The molecule has 1 aromatic heterocycles. The number of allylic oxidation sites excluding steroid dienone is 2. The van der Waals surface area contributed by atoms with Crippen LogP contribution in [0.5, 0.6) is 0 Å². The van der Waals surface area contributed by atoms with Gasteiger partial charge in [-0.05, 0) is 26.0 Å². The zero-order chi connectivity index (χ0) is 17.3. The highest BCUT2D eigenvalue weighted by Crippen LogP contribution is 2.23. The number of rotatable bonds is 4. The number of likely N-dealkylation sites (N-methyl/N-ethyl adjacent to an activating group) is 1. The largest absolute Gasteiger partial charge is 0.462 e. The standard InChI is InChI=1S/C16H18N4O4/c1-3-19-9-17-12-7-10(5-6-13(12)19)20-8-11(15(22)24-4-2)14(21)18-16(20)23/h5-9,12-13H,3-4H2,1-2H3,(H,18,21,23)/t12-,13?/m1/s1. The lowest BCUT2D eigenvalue weighted by Crippen LogP contribution is -2.37. The summed E-state index contributed by atoms with van der Waals surface area (Å²) in [7, 11) is 0. The summed E-state index contributed by atoms with van der Waals surface area (Å²) in [6, 6.07) is 0.0246. The molecule has 0 spiro atoms. The molecule has 1 aliphatic carbocycles. The number of nitrogens with one attached hydrogen (secondary N) is 1. The van der Waals surface area contributed by atoms with E-state index >= 15 is 0 Å². The maximum Gasteiger partial charge on any atom is 0.345 e. The molecular formula is C16H18N4O4. The van der Waals surface area contributed by atoms with Crippen LogP contribution in [-0.4, -0.2) is 52.0 Å². The van der Waals surface area contributed by atoms with Crippen LogP contribution in [0.3, 0.4) is 0 Å². The Hall–Kier alpha value is -2.90. The van der Waals surface area contributed by atoms with Gasteiger partial charge in [-0.3, -0.25) is 19.3 Å². The Labute approximate surface area is 137 Å². The number of carbonyl (C=O) groups excluding carboxylic acids is 1. The molecular weight excluding hydrogens is 312 g/mol. The van der Waals surface area contributed by atoms with Crippen molar-refractivity contribution in [3.63, 3.8) is 0 Å². The van der Waals surface area contributed by atoms with Gasteiger partial charge in [-0.25, -0.2) is 9.59 Å². The van der Waals surface area contributed by atoms with Crippen molar-refractivity contribution >= 4 is 18.0 Å². The maximum atomic E-state index is 12.1. The molecule has 0 fully saturated rings. The fraction of sp³-hybridized carbons (Fsp3) is 0.375. The number of aromatic amines is 1. The minimum Gasteiger partial charge on any atom is -0.462 e. The third-order valence-electron chi connectivity index (χ3n) is 4.01. The first-order valence-corrected chi connectivity index (χ1v) is 7.77. The summed E-state index contributed by atoms with van der Waals surface area (Å²) in [5.74, 6) is -0.762. The molecule has 1 aliphatic heterocycles. The predicted octanol–water partition coefficient (Wildman–Crippen LogP) is 0.225. The first-order valence-electron chi connectivity index (χ1n) is 7.77. The van der Waals surface area contributed by atoms with Gasteiger partial charge < -0.3 is 9.64 Å². The summed E-state index contributed by atoms with van der Waals surface area (Å²) >= 11 is 0. The van der Waals surface area contributed by atoms with Crippen LogP contribution < -0.4 is 11.2 Å². The average Bonchev–Trinajstić information content (AvgIpc) is 2.97. The first kappa shape index (κ1) is 16.0. The highest BCUT2D eigenvalue weighted by molar-refractivity contribution is 5.88. The SMILES string of the molecule is CCOC(=O)c1cn(C2=C[C@H]3N=CN(CC)C3C=C2)c(=O)[nH]c1=O. The molecule has 1 N–H and O–H groups in total. The van der Waals surface area contributed by atoms with Gasteiger partial charge in [-0.15, -0.1) is 0 Å². The number of esters is 1. The Morgan fingerprint density at radius 3 is 2.88 bits per heavy atom. The second kappa shape index (κ2) is 6.31. The molecule has 1 aromatic rings. The van der Waals surface area contributed by atoms with E-state index in [2.05, 4.69) is 14.9 Å². The van der Waals surface area contributed by atoms with Crippen molar-refractivity contribution in [2.45, 2.75) is 25.9 Å². The predicted molar refractivity (Wildman–Crippen MR) is 89.1 cm³/mol. The zero-order valence-corrected chi connectivity index (χ0v) is 13.4. The highest BCUT2D eigenvalue weighted by atomic mass is 16.5. The quantitative estimate of drug-likeness (QED) is 0.797. The lowest BCUT2D eigenvalue weighted by atomic mass is 10.0. The van der Waals surface area contributed by atoms with Crippen molar-refractivity contribution in [3.8, 4) is 0 Å². The van der Waals surface area contributed by atoms with Crippen LogP contribution in [0.25, 0.3) is 5.70 Å². The normalized spacial score (nSPS) is 21.6. The second-order valence-electron chi connectivity index (χ2n) is 5.42. The minimum atomic E-state index is -0.762. The number of aromatic nitrogens is 2. The van der Waals surface area contributed by atoms with Crippen molar-refractivity contribution < 1.29 is 9.53 Å². The van der Waals surface area contributed by atoms with Gasteiger partial charge in [-0.1, -0.05) is 6.08 Å². The van der Waals surface area contributed by atoms with E-state index < -0.39 is 17.2 Å². The molecule has 8 nitrogen and oxygen atoms in total. The highest BCUT2D eigenvalue weighted by Gasteiger charge is 2.29. The average molecular weight is 330 g/mol. The van der Waals surface area contributed by atoms with Gasteiger partial charge in [0.15, 0.2) is 0 Å². The van der Waals surface area contributed by atoms with E-state index in [0.717, 1.165) is 6.54 Å². The summed E-state index contributed by atoms with van der Waals surface area (Å²) in [5, 5.41) is 0. The molecule has 0 saturated carbocycles. The Kier molecular flexibility index (Phi) is 4.20. The molecule has 0 radical (unpaired) electrons. The van der Waals surface area contributed by atoms with E-state index in [4.69, 9.17) is 4.74 Å². The number of ether oxygens (including phenoxy) is 1. The molecule has 1 unspecified atom stereocenters. The second-order valence-corrected chi connectivity index (χ2v) is 5.42. The molecule has 0 amide bonds. The van der Waals surface area contributed by atoms with Gasteiger partial charge >= 0.3 is 11.7 Å². The van der Waals surface area contributed by atoms with Crippen LogP contribution in [-0.2, 0) is 4.74 Å². The molecule has 0 bridgehead atoms. The Balaban J connectivity index is 1.99. The van der Waals surface area contributed by atoms with Crippen molar-refractivity contribution in [2.24, 2.45) is 4.99 Å². The van der Waals surface area contributed by atoms with Gasteiger partial charge in [0.1, 0.15) is 5.56 Å². The fourth-order valence-electron chi connectivity index (χ4n) is 2.79. The van der Waals surface area contributed by atoms with E-state index in [1.807, 2.05) is 19.1 Å². The number of aliphatic imine (C=N–C) groups is 1. The Bertz CT molecular complexity index is 862. The number of fused-ring (bicyclic) bond motifs is 1. The van der Waals surface area contributed by atoms with Gasteiger partial charge in [-0.2, -0.15) is 0 Å². The minimum absolute atomic E-state index is 0.102. The number of hydrogen-bond acceptors (Lipinski definition) is 6. The van der Waals surface area contributed by atoms with Gasteiger partial charge in [0, 0.05) is 18.4 Å². The molecule has 2 aliphatic rings. The van der Waals surface area contributed by atoms with E-state index in [1.54, 1.807) is 19.3 Å². The van der Waals surface area contributed by atoms with Gasteiger partial charge in [0.2, 0.25) is 0 Å². The maximum absolute atomic E-state index is 12.1. The Morgan fingerprint density at radius 2 is 2.17 bits per heavy atom. The molecule has 2 heterocycles. The molecule has 2 atom stereocenters. The number of nitrogens with zero attached hydrogens (tertiary/aromatic N) is 3. The molecule has 3 rings (SSSR count). The van der Waals surface area contributed by atoms with Crippen LogP contribution >= 0.6 is 0 Å². The van der Waals surface area contributed by atoms with Crippen LogP contribution in [0.2, 0.25) is 0 Å². The van der Waals surface area contributed by atoms with E-state index in [9.17, 15) is 14.4 Å². The lowest BCUT2D eigenvalue weighted by molar-refractivity contribution is 0.0523. The van der Waals surface area contributed by atoms with Crippen molar-refractivity contribution in [2.75, 3.05) is 13.2 Å². The smallest absolute Gasteiger partial charge is 0.345 e. The van der Waals surface area contributed by atoms with Crippen LogP contribution in [0.15, 0.2) is 39.0 Å². The summed E-state index contributed by atoms with van der Waals surface area (Å²) in [4.78, 5) is 44.4. The third kappa shape index (κ3) is 2.70. The number of H-pyrrole nitrogens is 1. The van der Waals surface area contributed by atoms with Crippen LogP contribution in [0, 0.1) is 0 Å². The fourth-order valence-corrected chi connectivity index (χ4v) is 2.79. The van der Waals surface area contributed by atoms with Crippen molar-refractivity contribution in [1.82, 2.24) is 14.5 Å². The molecule has 24 heavy (non-hydrogen) atoms. The number of carbonyl (C=O) groups is 1. The van der Waals surface area contributed by atoms with Crippen molar-refractivity contribution in [3.05, 3.63) is 50.8 Å². The van der Waals surface area contributed by atoms with Gasteiger partial charge in [0.05, 0.1) is 25.0 Å². The molecule has 8 heteroatoms. The molecule has 0 saturated heterocycles. The van der Waals surface area contributed by atoms with E-state index in [-0.39, 0.29) is 24.3 Å². The van der Waals surface area contributed by atoms with Crippen molar-refractivity contribution in [1.29, 1.82) is 0 Å².